The average molecular weight is 215 g/mol. The molecule has 0 heterocycles. The lowest BCUT2D eigenvalue weighted by molar-refractivity contribution is -0.127. The molecule has 0 bridgehead atoms. The Labute approximate surface area is 93.4 Å². The summed E-state index contributed by atoms with van der Waals surface area (Å²) < 4.78 is 0. The van der Waals surface area contributed by atoms with Crippen LogP contribution in [-0.2, 0) is 4.79 Å². The largest absolute Gasteiger partial charge is 0.351 e. The van der Waals surface area contributed by atoms with E-state index < -0.39 is 5.54 Å². The Morgan fingerprint density at radius 1 is 1.40 bits per heavy atom. The van der Waals surface area contributed by atoms with Crippen molar-refractivity contribution in [3.05, 3.63) is 0 Å². The van der Waals surface area contributed by atoms with Crippen molar-refractivity contribution in [3.8, 4) is 0 Å². The second-order valence-corrected chi connectivity index (χ2v) is 4.79. The molecule has 0 aromatic carbocycles. The molecule has 1 unspecified atom stereocenters. The lowest BCUT2D eigenvalue weighted by Gasteiger charge is -2.27. The van der Waals surface area contributed by atoms with Gasteiger partial charge in [0.2, 0.25) is 5.91 Å². The van der Waals surface area contributed by atoms with E-state index >= 15 is 0 Å². The van der Waals surface area contributed by atoms with Gasteiger partial charge in [0, 0.05) is 12.6 Å². The molecular formula is C11H25N3O. The summed E-state index contributed by atoms with van der Waals surface area (Å²) in [5, 5.41) is 6.15. The normalized spacial score (nSPS) is 14.1. The third kappa shape index (κ3) is 5.74. The van der Waals surface area contributed by atoms with Crippen LogP contribution in [0.15, 0.2) is 0 Å². The van der Waals surface area contributed by atoms with Gasteiger partial charge < -0.3 is 15.5 Å². The smallest absolute Gasteiger partial charge is 0.239 e. The first kappa shape index (κ1) is 14.4. The number of hydrogen-bond donors (Lipinski definition) is 2. The third-order valence-corrected chi connectivity index (χ3v) is 2.20. The van der Waals surface area contributed by atoms with Gasteiger partial charge in [0.05, 0.1) is 5.54 Å². The SMILES string of the molecule is CCNC(C)(C)C(=O)NC(C)CN(C)C. The van der Waals surface area contributed by atoms with Crippen molar-refractivity contribution in [2.45, 2.75) is 39.3 Å². The Bertz CT molecular complexity index is 202. The Balaban J connectivity index is 4.11. The lowest BCUT2D eigenvalue weighted by Crippen LogP contribution is -2.55. The van der Waals surface area contributed by atoms with E-state index in [0.717, 1.165) is 13.1 Å². The fourth-order valence-corrected chi connectivity index (χ4v) is 1.52. The molecule has 0 fully saturated rings. The highest BCUT2D eigenvalue weighted by atomic mass is 16.2. The van der Waals surface area contributed by atoms with Crippen molar-refractivity contribution in [1.29, 1.82) is 0 Å². The summed E-state index contributed by atoms with van der Waals surface area (Å²) >= 11 is 0. The Morgan fingerprint density at radius 2 is 1.93 bits per heavy atom. The van der Waals surface area contributed by atoms with E-state index in [-0.39, 0.29) is 11.9 Å². The quantitative estimate of drug-likeness (QED) is 0.676. The number of carbonyl (C=O) groups is 1. The van der Waals surface area contributed by atoms with E-state index in [1.807, 2.05) is 41.8 Å². The lowest BCUT2D eigenvalue weighted by atomic mass is 10.0. The number of nitrogens with one attached hydrogen (secondary N) is 2. The van der Waals surface area contributed by atoms with Gasteiger partial charge in [-0.15, -0.1) is 0 Å². The molecule has 4 nitrogen and oxygen atoms in total. The van der Waals surface area contributed by atoms with Crippen LogP contribution in [-0.4, -0.2) is 49.6 Å². The van der Waals surface area contributed by atoms with Crippen molar-refractivity contribution >= 4 is 5.91 Å². The van der Waals surface area contributed by atoms with Gasteiger partial charge in [-0.25, -0.2) is 0 Å². The maximum atomic E-state index is 11.9. The third-order valence-electron chi connectivity index (χ3n) is 2.20. The summed E-state index contributed by atoms with van der Waals surface area (Å²) in [5.41, 5.74) is -0.491. The number of hydrogen-bond acceptors (Lipinski definition) is 3. The number of carbonyl (C=O) groups excluding carboxylic acids is 1. The van der Waals surface area contributed by atoms with E-state index in [2.05, 4.69) is 15.5 Å². The first-order valence-electron chi connectivity index (χ1n) is 5.50. The van der Waals surface area contributed by atoms with Gasteiger partial charge in [0.15, 0.2) is 0 Å². The molecule has 1 atom stereocenters. The number of amides is 1. The molecule has 0 aliphatic heterocycles. The zero-order valence-electron chi connectivity index (χ0n) is 10.8. The summed E-state index contributed by atoms with van der Waals surface area (Å²) in [4.78, 5) is 13.9. The standard InChI is InChI=1S/C11H25N3O/c1-7-12-11(3,4)10(15)13-9(2)8-14(5)6/h9,12H,7-8H2,1-6H3,(H,13,15). The zero-order chi connectivity index (χ0) is 12.1. The number of likely N-dealkylation sites (N-methyl/N-ethyl adjacent to an activating group) is 2. The molecule has 4 heteroatoms. The molecule has 0 aliphatic rings. The van der Waals surface area contributed by atoms with Crippen molar-refractivity contribution < 1.29 is 4.79 Å². The summed E-state index contributed by atoms with van der Waals surface area (Å²) in [7, 11) is 4.00. The molecule has 90 valence electrons. The molecule has 0 aromatic heterocycles. The molecule has 0 aliphatic carbocycles. The van der Waals surface area contributed by atoms with E-state index in [4.69, 9.17) is 0 Å². The van der Waals surface area contributed by atoms with Crippen molar-refractivity contribution in [1.82, 2.24) is 15.5 Å². The van der Waals surface area contributed by atoms with Crippen molar-refractivity contribution in [2.75, 3.05) is 27.2 Å². The number of nitrogens with zero attached hydrogens (tertiary/aromatic N) is 1. The van der Waals surface area contributed by atoms with Gasteiger partial charge in [-0.1, -0.05) is 6.92 Å². The predicted molar refractivity (Wildman–Crippen MR) is 63.9 cm³/mol. The van der Waals surface area contributed by atoms with Crippen LogP contribution in [0.2, 0.25) is 0 Å². The van der Waals surface area contributed by atoms with Crippen LogP contribution >= 0.6 is 0 Å². The van der Waals surface area contributed by atoms with Crippen LogP contribution in [0.1, 0.15) is 27.7 Å². The fraction of sp³-hybridized carbons (Fsp3) is 0.909. The zero-order valence-corrected chi connectivity index (χ0v) is 10.8. The highest BCUT2D eigenvalue weighted by Crippen LogP contribution is 2.02. The Kier molecular flexibility index (Phi) is 5.83. The Hall–Kier alpha value is -0.610. The maximum absolute atomic E-state index is 11.9. The summed E-state index contributed by atoms with van der Waals surface area (Å²) in [5.74, 6) is 0.0544. The first-order chi connectivity index (χ1) is 6.79. The fourth-order valence-electron chi connectivity index (χ4n) is 1.52. The molecule has 0 saturated carbocycles. The van der Waals surface area contributed by atoms with Crippen LogP contribution < -0.4 is 10.6 Å². The second kappa shape index (κ2) is 6.08. The average Bonchev–Trinajstić information content (AvgIpc) is 2.01. The van der Waals surface area contributed by atoms with Crippen LogP contribution in [0.3, 0.4) is 0 Å². The van der Waals surface area contributed by atoms with Gasteiger partial charge in [-0.3, -0.25) is 4.79 Å². The molecule has 2 N–H and O–H groups in total. The molecule has 0 spiro atoms. The van der Waals surface area contributed by atoms with Crippen LogP contribution in [0.25, 0.3) is 0 Å². The molecule has 15 heavy (non-hydrogen) atoms. The van der Waals surface area contributed by atoms with Crippen molar-refractivity contribution in [2.24, 2.45) is 0 Å². The van der Waals surface area contributed by atoms with Gasteiger partial charge in [0.1, 0.15) is 0 Å². The molecular weight excluding hydrogens is 190 g/mol. The van der Waals surface area contributed by atoms with Gasteiger partial charge in [0.25, 0.3) is 0 Å². The summed E-state index contributed by atoms with van der Waals surface area (Å²) in [6.07, 6.45) is 0. The number of rotatable bonds is 6. The molecule has 0 aromatic rings. The van der Waals surface area contributed by atoms with E-state index in [9.17, 15) is 4.79 Å². The van der Waals surface area contributed by atoms with Crippen LogP contribution in [0.4, 0.5) is 0 Å². The van der Waals surface area contributed by atoms with Gasteiger partial charge >= 0.3 is 0 Å². The van der Waals surface area contributed by atoms with Gasteiger partial charge in [-0.2, -0.15) is 0 Å². The molecule has 0 rings (SSSR count). The highest BCUT2D eigenvalue weighted by molar-refractivity contribution is 5.85. The molecule has 0 saturated heterocycles. The maximum Gasteiger partial charge on any atom is 0.239 e. The molecule has 1 amide bonds. The highest BCUT2D eigenvalue weighted by Gasteiger charge is 2.26. The Morgan fingerprint density at radius 3 is 2.33 bits per heavy atom. The summed E-state index contributed by atoms with van der Waals surface area (Å²) in [6.45, 7) is 9.46. The second-order valence-electron chi connectivity index (χ2n) is 4.79. The summed E-state index contributed by atoms with van der Waals surface area (Å²) in [6, 6.07) is 0.172. The molecule has 0 radical (unpaired) electrons. The minimum absolute atomic E-state index is 0.0544. The predicted octanol–water partition coefficient (Wildman–Crippen LogP) is 0.441. The monoisotopic (exact) mass is 215 g/mol. The van der Waals surface area contributed by atoms with E-state index in [1.165, 1.54) is 0 Å². The first-order valence-corrected chi connectivity index (χ1v) is 5.50. The van der Waals surface area contributed by atoms with Crippen LogP contribution in [0.5, 0.6) is 0 Å². The van der Waals surface area contributed by atoms with Crippen molar-refractivity contribution in [3.63, 3.8) is 0 Å². The minimum atomic E-state index is -0.491. The minimum Gasteiger partial charge on any atom is -0.351 e. The van der Waals surface area contributed by atoms with E-state index in [0.29, 0.717) is 0 Å². The topological polar surface area (TPSA) is 44.4 Å². The van der Waals surface area contributed by atoms with Crippen LogP contribution in [0, 0.1) is 0 Å². The van der Waals surface area contributed by atoms with Gasteiger partial charge in [-0.05, 0) is 41.4 Å². The van der Waals surface area contributed by atoms with E-state index in [1.54, 1.807) is 0 Å².